The minimum Gasteiger partial charge on any atom is -0.322 e. The zero-order valence-electron chi connectivity index (χ0n) is 14.5. The van der Waals surface area contributed by atoms with Crippen molar-refractivity contribution in [3.63, 3.8) is 0 Å². The fourth-order valence-corrected chi connectivity index (χ4v) is 3.70. The summed E-state index contributed by atoms with van der Waals surface area (Å²) in [6, 6.07) is 17.4. The van der Waals surface area contributed by atoms with Crippen LogP contribution in [0.5, 0.6) is 0 Å². The molecule has 0 bridgehead atoms. The molecule has 1 N–H and O–H groups in total. The summed E-state index contributed by atoms with van der Waals surface area (Å²) in [5, 5.41) is 3.93. The first-order chi connectivity index (χ1) is 12.6. The minimum absolute atomic E-state index is 0.102. The number of pyridine rings is 1. The molecule has 0 saturated carbocycles. The molecule has 0 aliphatic carbocycles. The summed E-state index contributed by atoms with van der Waals surface area (Å²) in [7, 11) is 0. The van der Waals surface area contributed by atoms with Crippen LogP contribution in [0.25, 0.3) is 20.9 Å². The number of amides is 1. The van der Waals surface area contributed by atoms with Gasteiger partial charge in [-0.1, -0.05) is 41.7 Å². The highest BCUT2D eigenvalue weighted by atomic mass is 32.1. The van der Waals surface area contributed by atoms with Crippen LogP contribution in [-0.4, -0.2) is 15.9 Å². The van der Waals surface area contributed by atoms with Gasteiger partial charge in [0.05, 0.1) is 0 Å². The van der Waals surface area contributed by atoms with Crippen molar-refractivity contribution >= 4 is 33.3 Å². The molecule has 0 radical (unpaired) electrons. The monoisotopic (exact) mass is 359 g/mol. The highest BCUT2D eigenvalue weighted by Gasteiger charge is 2.12. The van der Waals surface area contributed by atoms with Crippen LogP contribution < -0.4 is 5.32 Å². The summed E-state index contributed by atoms with van der Waals surface area (Å²) >= 11 is 1.55. The van der Waals surface area contributed by atoms with E-state index in [1.165, 1.54) is 0 Å². The fourth-order valence-electron chi connectivity index (χ4n) is 2.80. The van der Waals surface area contributed by atoms with Crippen molar-refractivity contribution in [2.45, 2.75) is 13.8 Å². The lowest BCUT2D eigenvalue weighted by Crippen LogP contribution is -2.14. The second-order valence-electron chi connectivity index (χ2n) is 6.15. The summed E-state index contributed by atoms with van der Waals surface area (Å²) in [5.41, 5.74) is 5.30. The number of carbonyl (C=O) groups is 1. The second kappa shape index (κ2) is 6.69. The molecule has 2 aromatic heterocycles. The Kier molecular flexibility index (Phi) is 4.22. The molecule has 5 heteroatoms. The van der Waals surface area contributed by atoms with Gasteiger partial charge in [-0.05, 0) is 49.2 Å². The van der Waals surface area contributed by atoms with Crippen LogP contribution in [0.2, 0.25) is 0 Å². The van der Waals surface area contributed by atoms with E-state index in [0.717, 1.165) is 37.7 Å². The van der Waals surface area contributed by atoms with Gasteiger partial charge in [0.25, 0.3) is 5.91 Å². The number of aryl methyl sites for hydroxylation is 2. The second-order valence-corrected chi connectivity index (χ2v) is 7.12. The van der Waals surface area contributed by atoms with Crippen LogP contribution in [-0.2, 0) is 0 Å². The van der Waals surface area contributed by atoms with Gasteiger partial charge in [-0.3, -0.25) is 4.79 Å². The molecular weight excluding hydrogens is 342 g/mol. The van der Waals surface area contributed by atoms with Gasteiger partial charge in [0, 0.05) is 23.0 Å². The van der Waals surface area contributed by atoms with Crippen LogP contribution in [0.15, 0.2) is 60.8 Å². The first-order valence-electron chi connectivity index (χ1n) is 8.31. The molecular formula is C21H17N3OS. The van der Waals surface area contributed by atoms with Crippen molar-refractivity contribution in [1.29, 1.82) is 0 Å². The number of rotatable bonds is 3. The Hall–Kier alpha value is -3.05. The lowest BCUT2D eigenvalue weighted by Gasteiger charge is -2.11. The van der Waals surface area contributed by atoms with Gasteiger partial charge in [0.1, 0.15) is 15.4 Å². The molecule has 4 aromatic rings. The summed E-state index contributed by atoms with van der Waals surface area (Å²) in [6.07, 6.45) is 1.77. The Bertz CT molecular complexity index is 1080. The summed E-state index contributed by atoms with van der Waals surface area (Å²) in [6.45, 7) is 3.92. The molecule has 0 aliphatic rings. The van der Waals surface area contributed by atoms with Gasteiger partial charge in [0.15, 0.2) is 0 Å². The molecule has 128 valence electrons. The van der Waals surface area contributed by atoms with Crippen LogP contribution in [0.3, 0.4) is 0 Å². The minimum atomic E-state index is -0.102. The number of carbonyl (C=O) groups excluding carboxylic acids is 1. The quantitative estimate of drug-likeness (QED) is 0.545. The molecule has 4 nitrogen and oxygen atoms in total. The van der Waals surface area contributed by atoms with Crippen molar-refractivity contribution in [3.05, 3.63) is 77.5 Å². The van der Waals surface area contributed by atoms with Gasteiger partial charge in [-0.25, -0.2) is 9.97 Å². The molecule has 0 aliphatic heterocycles. The van der Waals surface area contributed by atoms with E-state index in [1.807, 2.05) is 68.4 Å². The molecule has 2 heterocycles. The number of benzene rings is 2. The van der Waals surface area contributed by atoms with Gasteiger partial charge in [0.2, 0.25) is 0 Å². The van der Waals surface area contributed by atoms with E-state index in [4.69, 9.17) is 0 Å². The Morgan fingerprint density at radius 3 is 2.65 bits per heavy atom. The van der Waals surface area contributed by atoms with Gasteiger partial charge in [-0.15, -0.1) is 0 Å². The number of nitrogens with one attached hydrogen (secondary N) is 1. The number of hydrogen-bond acceptors (Lipinski definition) is 4. The summed E-state index contributed by atoms with van der Waals surface area (Å²) < 4.78 is 0. The number of thiazole rings is 1. The zero-order valence-corrected chi connectivity index (χ0v) is 15.3. The van der Waals surface area contributed by atoms with E-state index in [-0.39, 0.29) is 5.91 Å². The van der Waals surface area contributed by atoms with Crippen molar-refractivity contribution in [1.82, 2.24) is 9.97 Å². The van der Waals surface area contributed by atoms with Crippen molar-refractivity contribution in [2.24, 2.45) is 0 Å². The molecule has 0 unspecified atom stereocenters. The van der Waals surface area contributed by atoms with Crippen LogP contribution >= 0.6 is 11.3 Å². The third kappa shape index (κ3) is 3.09. The van der Waals surface area contributed by atoms with E-state index < -0.39 is 0 Å². The Morgan fingerprint density at radius 2 is 1.85 bits per heavy atom. The number of nitrogens with zero attached hydrogens (tertiary/aromatic N) is 2. The van der Waals surface area contributed by atoms with Crippen molar-refractivity contribution in [3.8, 4) is 10.6 Å². The highest BCUT2D eigenvalue weighted by molar-refractivity contribution is 7.21. The smallest absolute Gasteiger partial charge is 0.255 e. The average molecular weight is 359 g/mol. The van der Waals surface area contributed by atoms with Crippen LogP contribution in [0.4, 0.5) is 5.69 Å². The number of aromatic nitrogens is 2. The maximum absolute atomic E-state index is 12.6. The SMILES string of the molecule is Cc1ccc(-c2nc3cccnc3s2)cc1NC(=O)c1ccccc1C. The van der Waals surface area contributed by atoms with Gasteiger partial charge < -0.3 is 5.32 Å². The van der Waals surface area contributed by atoms with Crippen LogP contribution in [0.1, 0.15) is 21.5 Å². The van der Waals surface area contributed by atoms with E-state index in [2.05, 4.69) is 15.3 Å². The molecule has 26 heavy (non-hydrogen) atoms. The lowest BCUT2D eigenvalue weighted by molar-refractivity contribution is 0.102. The molecule has 4 rings (SSSR count). The van der Waals surface area contributed by atoms with Gasteiger partial charge in [-0.2, -0.15) is 0 Å². The molecule has 0 atom stereocenters. The zero-order chi connectivity index (χ0) is 18.1. The molecule has 0 fully saturated rings. The Morgan fingerprint density at radius 1 is 1.00 bits per heavy atom. The first-order valence-corrected chi connectivity index (χ1v) is 9.13. The molecule has 2 aromatic carbocycles. The summed E-state index contributed by atoms with van der Waals surface area (Å²) in [5.74, 6) is -0.102. The van der Waals surface area contributed by atoms with E-state index in [9.17, 15) is 4.79 Å². The third-order valence-corrected chi connectivity index (χ3v) is 5.32. The van der Waals surface area contributed by atoms with Gasteiger partial charge >= 0.3 is 0 Å². The standard InChI is InChI=1S/C21H17N3OS/c1-13-6-3-4-7-16(13)19(25)23-18-12-15(10-9-14(18)2)20-24-17-8-5-11-22-21(17)26-20/h3-12H,1-2H3,(H,23,25). The molecule has 0 saturated heterocycles. The van der Waals surface area contributed by atoms with E-state index in [1.54, 1.807) is 17.5 Å². The maximum atomic E-state index is 12.6. The predicted octanol–water partition coefficient (Wildman–Crippen LogP) is 5.23. The molecule has 0 spiro atoms. The fraction of sp³-hybridized carbons (Fsp3) is 0.0952. The number of hydrogen-bond donors (Lipinski definition) is 1. The van der Waals surface area contributed by atoms with E-state index >= 15 is 0 Å². The average Bonchev–Trinajstić information content (AvgIpc) is 3.08. The normalized spacial score (nSPS) is 10.8. The van der Waals surface area contributed by atoms with E-state index in [0.29, 0.717) is 5.56 Å². The largest absolute Gasteiger partial charge is 0.322 e. The number of anilines is 1. The van der Waals surface area contributed by atoms with Crippen molar-refractivity contribution in [2.75, 3.05) is 5.32 Å². The van der Waals surface area contributed by atoms with Crippen LogP contribution in [0, 0.1) is 13.8 Å². The van der Waals surface area contributed by atoms with Crippen molar-refractivity contribution < 1.29 is 4.79 Å². The predicted molar refractivity (Wildman–Crippen MR) is 107 cm³/mol. The summed E-state index contributed by atoms with van der Waals surface area (Å²) in [4.78, 5) is 22.6. The Balaban J connectivity index is 1.68. The Labute approximate surface area is 155 Å². The third-order valence-electron chi connectivity index (χ3n) is 4.29. The first kappa shape index (κ1) is 16.4. The maximum Gasteiger partial charge on any atom is 0.255 e. The molecule has 1 amide bonds. The highest BCUT2D eigenvalue weighted by Crippen LogP contribution is 2.31. The topological polar surface area (TPSA) is 54.9 Å². The lowest BCUT2D eigenvalue weighted by atomic mass is 10.1. The number of fused-ring (bicyclic) bond motifs is 1.